The lowest BCUT2D eigenvalue weighted by molar-refractivity contribution is -0.150. The zero-order valence-corrected chi connectivity index (χ0v) is 31.4. The van der Waals surface area contributed by atoms with Gasteiger partial charge >= 0.3 is 11.9 Å². The van der Waals surface area contributed by atoms with Crippen molar-refractivity contribution < 1.29 is 33.4 Å². The Morgan fingerprint density at radius 3 is 1.76 bits per heavy atom. The van der Waals surface area contributed by atoms with Gasteiger partial charge in [-0.3, -0.25) is 14.4 Å². The molecule has 12 heteroatoms. The summed E-state index contributed by atoms with van der Waals surface area (Å²) >= 11 is 7.00. The van der Waals surface area contributed by atoms with Crippen molar-refractivity contribution in [1.82, 2.24) is 10.6 Å². The monoisotopic (exact) mass is 821 g/mol. The number of carbonyl (C=O) groups excluding carboxylic acids is 4. The van der Waals surface area contributed by atoms with E-state index < -0.39 is 35.8 Å². The second-order valence-corrected chi connectivity index (χ2v) is 13.1. The highest BCUT2D eigenvalue weighted by atomic mass is 79.9. The first-order valence-corrected chi connectivity index (χ1v) is 18.8. The number of esters is 2. The highest BCUT2D eigenvalue weighted by Gasteiger charge is 2.27. The topological polar surface area (TPSA) is 123 Å². The van der Waals surface area contributed by atoms with E-state index in [1.807, 2.05) is 84.9 Å². The number of ether oxygens (including phenoxy) is 3. The molecule has 0 spiro atoms. The summed E-state index contributed by atoms with van der Waals surface area (Å²) in [6.45, 7) is 3.35. The maximum atomic E-state index is 13.2. The molecule has 0 heterocycles. The van der Waals surface area contributed by atoms with Crippen LogP contribution in [0, 0.1) is 0 Å². The van der Waals surface area contributed by atoms with Crippen molar-refractivity contribution in [2.45, 2.75) is 45.1 Å². The molecule has 0 aliphatic carbocycles. The van der Waals surface area contributed by atoms with Crippen molar-refractivity contribution in [3.8, 4) is 11.5 Å². The number of halogens is 2. The van der Waals surface area contributed by atoms with E-state index in [2.05, 4.69) is 47.4 Å². The Morgan fingerprint density at radius 2 is 1.22 bits per heavy atom. The van der Waals surface area contributed by atoms with Gasteiger partial charge in [-0.15, -0.1) is 0 Å². The molecule has 0 aliphatic heterocycles. The van der Waals surface area contributed by atoms with Gasteiger partial charge in [0, 0.05) is 41.4 Å². The Kier molecular flexibility index (Phi) is 16.0. The van der Waals surface area contributed by atoms with Crippen LogP contribution in [-0.2, 0) is 37.1 Å². The summed E-state index contributed by atoms with van der Waals surface area (Å²) in [5.41, 5.74) is 3.00. The molecule has 4 aromatic carbocycles. The van der Waals surface area contributed by atoms with Crippen LogP contribution in [0.15, 0.2) is 109 Å². The van der Waals surface area contributed by atoms with Gasteiger partial charge in [-0.1, -0.05) is 92.5 Å². The molecule has 268 valence electrons. The lowest BCUT2D eigenvalue weighted by atomic mass is 10.1. The average molecular weight is 824 g/mol. The van der Waals surface area contributed by atoms with Crippen molar-refractivity contribution in [1.29, 1.82) is 0 Å². The average Bonchev–Trinajstić information content (AvgIpc) is 3.15. The molecule has 4 rings (SSSR count). The zero-order chi connectivity index (χ0) is 36.4. The van der Waals surface area contributed by atoms with Crippen LogP contribution in [0.3, 0.4) is 0 Å². The third-order valence-corrected chi connectivity index (χ3v) is 8.42. The summed E-state index contributed by atoms with van der Waals surface area (Å²) in [7, 11) is 0. The van der Waals surface area contributed by atoms with Gasteiger partial charge in [0.05, 0.1) is 0 Å². The van der Waals surface area contributed by atoms with Crippen LogP contribution >= 0.6 is 31.9 Å². The molecule has 0 saturated heterocycles. The first kappa shape index (κ1) is 39.1. The maximum absolute atomic E-state index is 13.2. The third kappa shape index (κ3) is 13.2. The van der Waals surface area contributed by atoms with E-state index in [0.717, 1.165) is 40.6 Å². The minimum atomic E-state index is -1.15. The van der Waals surface area contributed by atoms with Crippen LogP contribution in [-0.4, -0.2) is 59.6 Å². The summed E-state index contributed by atoms with van der Waals surface area (Å²) in [6, 6.07) is 30.5. The normalized spacial score (nSPS) is 11.8. The zero-order valence-electron chi connectivity index (χ0n) is 28.3. The van der Waals surface area contributed by atoms with E-state index in [0.29, 0.717) is 17.1 Å². The van der Waals surface area contributed by atoms with E-state index in [1.165, 1.54) is 6.92 Å². The highest BCUT2D eigenvalue weighted by Crippen LogP contribution is 2.25. The number of nitrogens with one attached hydrogen (secondary N) is 2. The van der Waals surface area contributed by atoms with E-state index in [1.54, 1.807) is 24.3 Å². The van der Waals surface area contributed by atoms with Crippen LogP contribution < -0.4 is 20.3 Å². The third-order valence-electron chi connectivity index (χ3n) is 7.71. The lowest BCUT2D eigenvalue weighted by Crippen LogP contribution is -2.50. The summed E-state index contributed by atoms with van der Waals surface area (Å²) in [4.78, 5) is 54.0. The summed E-state index contributed by atoms with van der Waals surface area (Å²) in [5.74, 6) is -1.14. The molecular weight excluding hydrogens is 782 g/mol. The standard InChI is InChI=1S/C39H41Br2N3O7/c1-28(42-38(47)31-12-16-33(17-13-31)51-34-18-14-32(15-19-34)44(24-22-40)25-23-41)37(46)43-35(39(48)50-27-30-10-6-3-7-11-30)20-21-36(45)49-26-29-8-4-2-5-9-29/h2-19,28,35H,20-27H2,1H3,(H,42,47)(H,43,46)/t28-,35-/m0/s1. The molecule has 2 N–H and O–H groups in total. The van der Waals surface area contributed by atoms with E-state index in [9.17, 15) is 19.2 Å². The summed E-state index contributed by atoms with van der Waals surface area (Å²) in [5, 5.41) is 7.02. The lowest BCUT2D eigenvalue weighted by Gasteiger charge is -2.23. The molecule has 2 amide bonds. The number of nitrogens with zero attached hydrogens (tertiary/aromatic N) is 1. The van der Waals surface area contributed by atoms with Gasteiger partial charge in [-0.2, -0.15) is 0 Å². The molecule has 0 unspecified atom stereocenters. The maximum Gasteiger partial charge on any atom is 0.328 e. The van der Waals surface area contributed by atoms with Gasteiger partial charge in [-0.25, -0.2) is 4.79 Å². The Balaban J connectivity index is 1.31. The van der Waals surface area contributed by atoms with Crippen molar-refractivity contribution in [3.63, 3.8) is 0 Å². The van der Waals surface area contributed by atoms with E-state index >= 15 is 0 Å². The predicted octanol–water partition coefficient (Wildman–Crippen LogP) is 6.95. The van der Waals surface area contributed by atoms with Crippen molar-refractivity contribution >= 4 is 61.3 Å². The number of amides is 2. The molecule has 2 atom stereocenters. The summed E-state index contributed by atoms with van der Waals surface area (Å²) in [6.07, 6.45) is -0.186. The van der Waals surface area contributed by atoms with Crippen molar-refractivity contribution in [2.75, 3.05) is 28.6 Å². The molecule has 0 aliphatic rings. The van der Waals surface area contributed by atoms with Gasteiger partial charge in [-0.05, 0) is 73.0 Å². The largest absolute Gasteiger partial charge is 0.461 e. The Morgan fingerprint density at radius 1 is 0.686 bits per heavy atom. The second-order valence-electron chi connectivity index (χ2n) is 11.5. The van der Waals surface area contributed by atoms with Crippen LogP contribution in [0.4, 0.5) is 5.69 Å². The number of hydrogen-bond donors (Lipinski definition) is 2. The molecular formula is C39H41Br2N3O7. The van der Waals surface area contributed by atoms with Crippen LogP contribution in [0.2, 0.25) is 0 Å². The quantitative estimate of drug-likeness (QED) is 0.0771. The SMILES string of the molecule is C[C@H](NC(=O)c1ccc(Oc2ccc(N(CCBr)CCBr)cc2)cc1)C(=O)N[C@@H](CCC(=O)OCc1ccccc1)C(=O)OCc1ccccc1. The molecule has 0 fully saturated rings. The van der Waals surface area contributed by atoms with Crippen LogP contribution in [0.5, 0.6) is 11.5 Å². The molecule has 0 bridgehead atoms. The molecule has 0 aromatic heterocycles. The van der Waals surface area contributed by atoms with Crippen LogP contribution in [0.1, 0.15) is 41.3 Å². The Bertz CT molecular complexity index is 1690. The van der Waals surface area contributed by atoms with Crippen LogP contribution in [0.25, 0.3) is 0 Å². The van der Waals surface area contributed by atoms with Crippen molar-refractivity contribution in [2.24, 2.45) is 0 Å². The minimum absolute atomic E-state index is 0.00476. The number of alkyl halides is 2. The number of anilines is 1. The molecule has 0 saturated carbocycles. The number of carbonyl (C=O) groups is 4. The number of benzene rings is 4. The Hall–Kier alpha value is -4.68. The van der Waals surface area contributed by atoms with Gasteiger partial charge < -0.3 is 29.7 Å². The molecule has 0 radical (unpaired) electrons. The minimum Gasteiger partial charge on any atom is -0.461 e. The Labute approximate surface area is 315 Å². The highest BCUT2D eigenvalue weighted by molar-refractivity contribution is 9.09. The second kappa shape index (κ2) is 20.9. The van der Waals surface area contributed by atoms with Crippen molar-refractivity contribution in [3.05, 3.63) is 126 Å². The fourth-order valence-corrected chi connectivity index (χ4v) is 5.76. The fourth-order valence-electron chi connectivity index (χ4n) is 4.90. The predicted molar refractivity (Wildman–Crippen MR) is 203 cm³/mol. The molecule has 4 aromatic rings. The first-order valence-electron chi connectivity index (χ1n) is 16.5. The van der Waals surface area contributed by atoms with E-state index in [-0.39, 0.29) is 26.1 Å². The molecule has 10 nitrogen and oxygen atoms in total. The first-order chi connectivity index (χ1) is 24.7. The van der Waals surface area contributed by atoms with Gasteiger partial charge in [0.25, 0.3) is 5.91 Å². The van der Waals surface area contributed by atoms with Gasteiger partial charge in [0.1, 0.15) is 36.8 Å². The fraction of sp³-hybridized carbons (Fsp3) is 0.282. The smallest absolute Gasteiger partial charge is 0.328 e. The van der Waals surface area contributed by atoms with Gasteiger partial charge in [0.2, 0.25) is 5.91 Å². The number of rotatable bonds is 19. The molecule has 51 heavy (non-hydrogen) atoms. The summed E-state index contributed by atoms with van der Waals surface area (Å²) < 4.78 is 16.8. The van der Waals surface area contributed by atoms with E-state index in [4.69, 9.17) is 14.2 Å². The number of hydrogen-bond acceptors (Lipinski definition) is 8. The van der Waals surface area contributed by atoms with Gasteiger partial charge in [0.15, 0.2) is 0 Å².